The fourth-order valence-corrected chi connectivity index (χ4v) is 4.30. The van der Waals surface area contributed by atoms with Crippen LogP contribution >= 0.6 is 0 Å². The molecule has 3 atom stereocenters. The van der Waals surface area contributed by atoms with E-state index in [2.05, 4.69) is 12.2 Å². The number of hydrogen-bond donors (Lipinski definition) is 1. The molecule has 0 amide bonds. The summed E-state index contributed by atoms with van der Waals surface area (Å²) in [5.41, 5.74) is 0. The first-order valence-corrected chi connectivity index (χ1v) is 7.76. The molecule has 0 bridgehead atoms. The molecule has 1 saturated carbocycles. The minimum Gasteiger partial charge on any atom is -0.313 e. The van der Waals surface area contributed by atoms with Gasteiger partial charge in [-0.3, -0.25) is 4.21 Å². The minimum absolute atomic E-state index is 0.395. The summed E-state index contributed by atoms with van der Waals surface area (Å²) in [5, 5.41) is 4.01. The molecule has 2 nitrogen and oxygen atoms in total. The van der Waals surface area contributed by atoms with E-state index in [1.165, 1.54) is 32.1 Å². The van der Waals surface area contributed by atoms with Gasteiger partial charge in [0.25, 0.3) is 0 Å². The van der Waals surface area contributed by atoms with Crippen LogP contribution in [0.2, 0.25) is 0 Å². The SMILES string of the molecule is CC1CCNC(C2CCCCC2)CS1=O. The van der Waals surface area contributed by atoms with Crippen LogP contribution in [0.3, 0.4) is 0 Å². The minimum atomic E-state index is -0.597. The Morgan fingerprint density at radius 3 is 2.60 bits per heavy atom. The van der Waals surface area contributed by atoms with Gasteiger partial charge in [-0.25, -0.2) is 0 Å². The van der Waals surface area contributed by atoms with Gasteiger partial charge in [0.1, 0.15) is 0 Å². The van der Waals surface area contributed by atoms with Crippen LogP contribution < -0.4 is 5.32 Å². The van der Waals surface area contributed by atoms with E-state index >= 15 is 0 Å². The Bertz CT molecular complexity index is 226. The molecule has 1 N–H and O–H groups in total. The lowest BCUT2D eigenvalue weighted by Crippen LogP contribution is -2.40. The first-order chi connectivity index (χ1) is 7.27. The van der Waals surface area contributed by atoms with Crippen molar-refractivity contribution >= 4 is 10.8 Å². The van der Waals surface area contributed by atoms with Gasteiger partial charge in [-0.15, -0.1) is 0 Å². The zero-order chi connectivity index (χ0) is 10.7. The van der Waals surface area contributed by atoms with E-state index < -0.39 is 10.8 Å². The van der Waals surface area contributed by atoms with E-state index in [0.29, 0.717) is 11.3 Å². The largest absolute Gasteiger partial charge is 0.313 e. The third-order valence-electron chi connectivity index (χ3n) is 3.97. The smallest absolute Gasteiger partial charge is 0.0394 e. The molecule has 88 valence electrons. The maximum atomic E-state index is 11.9. The summed E-state index contributed by atoms with van der Waals surface area (Å²) in [6, 6.07) is 0.538. The quantitative estimate of drug-likeness (QED) is 0.746. The molecule has 1 saturated heterocycles. The highest BCUT2D eigenvalue weighted by atomic mass is 32.2. The van der Waals surface area contributed by atoms with Gasteiger partial charge in [0.05, 0.1) is 0 Å². The van der Waals surface area contributed by atoms with E-state index in [1.54, 1.807) is 0 Å². The summed E-state index contributed by atoms with van der Waals surface area (Å²) < 4.78 is 11.9. The van der Waals surface area contributed by atoms with Crippen molar-refractivity contribution in [2.45, 2.75) is 56.7 Å². The molecule has 0 radical (unpaired) electrons. The van der Waals surface area contributed by atoms with Gasteiger partial charge in [-0.05, 0) is 31.7 Å². The van der Waals surface area contributed by atoms with Crippen molar-refractivity contribution in [3.63, 3.8) is 0 Å². The van der Waals surface area contributed by atoms with E-state index in [1.807, 2.05) is 0 Å². The average Bonchev–Trinajstić information content (AvgIpc) is 2.43. The first kappa shape index (κ1) is 11.6. The fourth-order valence-electron chi connectivity index (χ4n) is 2.84. The van der Waals surface area contributed by atoms with Crippen LogP contribution in [-0.2, 0) is 10.8 Å². The Kier molecular flexibility index (Phi) is 4.21. The Hall–Kier alpha value is 0.110. The van der Waals surface area contributed by atoms with Gasteiger partial charge in [-0.1, -0.05) is 26.2 Å². The number of hydrogen-bond acceptors (Lipinski definition) is 2. The van der Waals surface area contributed by atoms with Crippen molar-refractivity contribution in [3.05, 3.63) is 0 Å². The molecule has 0 aromatic heterocycles. The second-order valence-electron chi connectivity index (χ2n) is 5.11. The van der Waals surface area contributed by atoms with Crippen molar-refractivity contribution in [2.24, 2.45) is 5.92 Å². The molecule has 2 fully saturated rings. The predicted molar refractivity (Wildman–Crippen MR) is 65.5 cm³/mol. The van der Waals surface area contributed by atoms with Crippen LogP contribution in [0.4, 0.5) is 0 Å². The fraction of sp³-hybridized carbons (Fsp3) is 1.00. The zero-order valence-corrected chi connectivity index (χ0v) is 10.5. The summed E-state index contributed by atoms with van der Waals surface area (Å²) in [6.45, 7) is 3.19. The summed E-state index contributed by atoms with van der Waals surface area (Å²) >= 11 is 0. The molecule has 0 spiro atoms. The lowest BCUT2D eigenvalue weighted by molar-refractivity contribution is 0.286. The molecule has 15 heavy (non-hydrogen) atoms. The van der Waals surface area contributed by atoms with Crippen molar-refractivity contribution < 1.29 is 4.21 Å². The van der Waals surface area contributed by atoms with Gasteiger partial charge in [0.15, 0.2) is 0 Å². The van der Waals surface area contributed by atoms with Crippen LogP contribution in [0, 0.1) is 5.92 Å². The molecule has 1 heterocycles. The maximum absolute atomic E-state index is 11.9. The van der Waals surface area contributed by atoms with Gasteiger partial charge in [0, 0.05) is 27.8 Å². The topological polar surface area (TPSA) is 29.1 Å². The highest BCUT2D eigenvalue weighted by Gasteiger charge is 2.28. The standard InChI is InChI=1S/C12H23NOS/c1-10-7-8-13-12(9-15(10)14)11-5-3-2-4-6-11/h10-13H,2-9H2,1H3. The van der Waals surface area contributed by atoms with E-state index in [9.17, 15) is 4.21 Å². The van der Waals surface area contributed by atoms with Crippen LogP contribution in [0.25, 0.3) is 0 Å². The van der Waals surface area contributed by atoms with Crippen LogP contribution in [-0.4, -0.2) is 27.8 Å². The summed E-state index contributed by atoms with van der Waals surface area (Å²) in [5.74, 6) is 1.69. The van der Waals surface area contributed by atoms with Crippen molar-refractivity contribution in [3.8, 4) is 0 Å². The Labute approximate surface area is 95.7 Å². The molecule has 0 aromatic carbocycles. The molecular formula is C12H23NOS. The molecule has 2 aliphatic rings. The highest BCUT2D eigenvalue weighted by Crippen LogP contribution is 2.28. The lowest BCUT2D eigenvalue weighted by Gasteiger charge is -2.29. The van der Waals surface area contributed by atoms with Gasteiger partial charge < -0.3 is 5.32 Å². The van der Waals surface area contributed by atoms with Crippen LogP contribution in [0.15, 0.2) is 0 Å². The van der Waals surface area contributed by atoms with Gasteiger partial charge in [0.2, 0.25) is 0 Å². The predicted octanol–water partition coefficient (Wildman–Crippen LogP) is 2.07. The Balaban J connectivity index is 1.93. The molecule has 1 aliphatic carbocycles. The lowest BCUT2D eigenvalue weighted by atomic mass is 9.84. The third kappa shape index (κ3) is 3.04. The second-order valence-corrected chi connectivity index (χ2v) is 7.00. The van der Waals surface area contributed by atoms with Crippen LogP contribution in [0.5, 0.6) is 0 Å². The molecule has 3 unspecified atom stereocenters. The number of nitrogens with one attached hydrogen (secondary N) is 1. The summed E-state index contributed by atoms with van der Waals surface area (Å²) in [7, 11) is -0.597. The third-order valence-corrected chi connectivity index (χ3v) is 5.79. The van der Waals surface area contributed by atoms with E-state index in [0.717, 1.165) is 24.6 Å². The molecule has 0 aromatic rings. The van der Waals surface area contributed by atoms with E-state index in [4.69, 9.17) is 0 Å². The van der Waals surface area contributed by atoms with Gasteiger partial charge >= 0.3 is 0 Å². The maximum Gasteiger partial charge on any atom is 0.0394 e. The van der Waals surface area contributed by atoms with Gasteiger partial charge in [-0.2, -0.15) is 0 Å². The average molecular weight is 229 g/mol. The normalized spacial score (nSPS) is 39.9. The number of rotatable bonds is 1. The summed E-state index contributed by atoms with van der Waals surface area (Å²) in [4.78, 5) is 0. The molecule has 1 aliphatic heterocycles. The monoisotopic (exact) mass is 229 g/mol. The summed E-state index contributed by atoms with van der Waals surface area (Å²) in [6.07, 6.45) is 7.95. The Morgan fingerprint density at radius 1 is 1.13 bits per heavy atom. The van der Waals surface area contributed by atoms with Crippen molar-refractivity contribution in [1.82, 2.24) is 5.32 Å². The Morgan fingerprint density at radius 2 is 1.87 bits per heavy atom. The van der Waals surface area contributed by atoms with Crippen molar-refractivity contribution in [1.29, 1.82) is 0 Å². The second kappa shape index (κ2) is 5.44. The highest BCUT2D eigenvalue weighted by molar-refractivity contribution is 7.85. The van der Waals surface area contributed by atoms with E-state index in [-0.39, 0.29) is 0 Å². The molecule has 3 heteroatoms. The molecular weight excluding hydrogens is 206 g/mol. The first-order valence-electron chi connectivity index (χ1n) is 6.38. The molecule has 2 rings (SSSR count). The zero-order valence-electron chi connectivity index (χ0n) is 9.71. The van der Waals surface area contributed by atoms with Crippen molar-refractivity contribution in [2.75, 3.05) is 12.3 Å². The van der Waals surface area contributed by atoms with Crippen LogP contribution in [0.1, 0.15) is 45.4 Å².